The molecule has 0 aliphatic rings. The van der Waals surface area contributed by atoms with E-state index in [-0.39, 0.29) is 11.4 Å². The van der Waals surface area contributed by atoms with Crippen LogP contribution in [0.2, 0.25) is 10.0 Å². The number of aromatic nitrogens is 3. The molecule has 0 bridgehead atoms. The molecular formula is C28H22Cl2FN5O3. The number of anilines is 3. The lowest BCUT2D eigenvalue weighted by Gasteiger charge is -2.17. The highest BCUT2D eigenvalue weighted by Crippen LogP contribution is 2.47. The SMILES string of the molecule is C=CC(=O)Nc1cccc(F)c1Nc1cc2c(cn1)cc(-c1c(Cl)c(OC)cc(OC)c1Cl)c1nc(C)cn12. The second-order valence-electron chi connectivity index (χ2n) is 8.53. The van der Waals surface area contributed by atoms with Crippen LogP contribution < -0.4 is 20.1 Å². The van der Waals surface area contributed by atoms with Crippen LogP contribution in [0, 0.1) is 12.7 Å². The molecule has 3 aromatic heterocycles. The highest BCUT2D eigenvalue weighted by Gasteiger charge is 2.23. The lowest BCUT2D eigenvalue weighted by molar-refractivity contribution is -0.111. The molecule has 11 heteroatoms. The van der Waals surface area contributed by atoms with Gasteiger partial charge in [0.05, 0.1) is 46.9 Å². The van der Waals surface area contributed by atoms with Crippen molar-refractivity contribution < 1.29 is 18.7 Å². The highest BCUT2D eigenvalue weighted by molar-refractivity contribution is 6.41. The predicted molar refractivity (Wildman–Crippen MR) is 152 cm³/mol. The summed E-state index contributed by atoms with van der Waals surface area (Å²) in [6.07, 6.45) is 4.61. The number of nitrogens with zero attached hydrogens (tertiary/aromatic N) is 3. The van der Waals surface area contributed by atoms with Gasteiger partial charge in [0.15, 0.2) is 0 Å². The van der Waals surface area contributed by atoms with E-state index in [1.165, 1.54) is 26.4 Å². The summed E-state index contributed by atoms with van der Waals surface area (Å²) in [5.41, 5.74) is 3.54. The van der Waals surface area contributed by atoms with Gasteiger partial charge in [0, 0.05) is 41.0 Å². The third kappa shape index (κ3) is 4.71. The van der Waals surface area contributed by atoms with Crippen molar-refractivity contribution in [3.8, 4) is 22.6 Å². The Hall–Kier alpha value is -4.34. The molecule has 1 amide bonds. The van der Waals surface area contributed by atoms with Crippen LogP contribution in [-0.4, -0.2) is 34.5 Å². The van der Waals surface area contributed by atoms with Crippen LogP contribution in [0.25, 0.3) is 27.7 Å². The average Bonchev–Trinajstić information content (AvgIpc) is 3.32. The Balaban J connectivity index is 1.69. The molecule has 5 rings (SSSR count). The van der Waals surface area contributed by atoms with Crippen molar-refractivity contribution in [1.82, 2.24) is 14.4 Å². The summed E-state index contributed by atoms with van der Waals surface area (Å²) in [4.78, 5) is 21.1. The predicted octanol–water partition coefficient (Wildman–Crippen LogP) is 7.19. The van der Waals surface area contributed by atoms with E-state index in [2.05, 4.69) is 22.2 Å². The largest absolute Gasteiger partial charge is 0.495 e. The topological polar surface area (TPSA) is 89.8 Å². The summed E-state index contributed by atoms with van der Waals surface area (Å²) < 4.78 is 27.6. The Bertz CT molecular complexity index is 1760. The maximum Gasteiger partial charge on any atom is 0.247 e. The van der Waals surface area contributed by atoms with Gasteiger partial charge >= 0.3 is 0 Å². The fraction of sp³-hybridized carbons (Fsp3) is 0.107. The number of pyridine rings is 2. The zero-order valence-electron chi connectivity index (χ0n) is 21.1. The maximum absolute atomic E-state index is 14.8. The molecule has 3 heterocycles. The number of ether oxygens (including phenoxy) is 2. The summed E-state index contributed by atoms with van der Waals surface area (Å²) in [7, 11) is 3.02. The maximum atomic E-state index is 14.8. The van der Waals surface area contributed by atoms with E-state index in [1.54, 1.807) is 24.4 Å². The van der Waals surface area contributed by atoms with E-state index in [1.807, 2.05) is 23.6 Å². The molecule has 2 aromatic carbocycles. The average molecular weight is 566 g/mol. The Morgan fingerprint density at radius 2 is 1.85 bits per heavy atom. The van der Waals surface area contributed by atoms with Gasteiger partial charge in [0.1, 0.15) is 28.8 Å². The van der Waals surface area contributed by atoms with Gasteiger partial charge in [-0.05, 0) is 31.2 Å². The first kappa shape index (κ1) is 26.3. The Morgan fingerprint density at radius 3 is 2.51 bits per heavy atom. The second-order valence-corrected chi connectivity index (χ2v) is 9.28. The minimum Gasteiger partial charge on any atom is -0.495 e. The first-order chi connectivity index (χ1) is 18.7. The van der Waals surface area contributed by atoms with Crippen molar-refractivity contribution in [2.24, 2.45) is 0 Å². The number of para-hydroxylation sites is 1. The van der Waals surface area contributed by atoms with Gasteiger partial charge in [-0.3, -0.25) is 9.20 Å². The van der Waals surface area contributed by atoms with Crippen LogP contribution in [0.4, 0.5) is 21.6 Å². The first-order valence-corrected chi connectivity index (χ1v) is 12.4. The first-order valence-electron chi connectivity index (χ1n) is 11.6. The fourth-order valence-electron chi connectivity index (χ4n) is 4.31. The number of benzene rings is 2. The molecule has 198 valence electrons. The quantitative estimate of drug-likeness (QED) is 0.203. The van der Waals surface area contributed by atoms with E-state index in [9.17, 15) is 9.18 Å². The summed E-state index contributed by atoms with van der Waals surface area (Å²) in [5, 5.41) is 6.94. The molecule has 2 N–H and O–H groups in total. The zero-order valence-corrected chi connectivity index (χ0v) is 22.6. The van der Waals surface area contributed by atoms with Gasteiger partial charge < -0.3 is 20.1 Å². The number of fused-ring (bicyclic) bond motifs is 3. The molecule has 0 aliphatic carbocycles. The molecule has 5 aromatic rings. The van der Waals surface area contributed by atoms with Crippen LogP contribution in [-0.2, 0) is 4.79 Å². The van der Waals surface area contributed by atoms with E-state index < -0.39 is 11.7 Å². The third-order valence-electron chi connectivity index (χ3n) is 6.09. The number of aryl methyl sites for hydroxylation is 1. The molecule has 0 spiro atoms. The number of amides is 1. The molecule has 0 saturated carbocycles. The number of carbonyl (C=O) groups is 1. The van der Waals surface area contributed by atoms with Crippen LogP contribution in [0.5, 0.6) is 11.5 Å². The summed E-state index contributed by atoms with van der Waals surface area (Å²) >= 11 is 13.5. The number of imidazole rings is 1. The van der Waals surface area contributed by atoms with E-state index in [4.69, 9.17) is 37.7 Å². The molecule has 0 fully saturated rings. The zero-order chi connectivity index (χ0) is 27.8. The lowest BCUT2D eigenvalue weighted by atomic mass is 10.0. The highest BCUT2D eigenvalue weighted by atomic mass is 35.5. The fourth-order valence-corrected chi connectivity index (χ4v) is 5.01. The number of halogens is 3. The minimum absolute atomic E-state index is 0.0660. The van der Waals surface area contributed by atoms with E-state index >= 15 is 0 Å². The van der Waals surface area contributed by atoms with Gasteiger partial charge in [0.25, 0.3) is 0 Å². The van der Waals surface area contributed by atoms with Crippen molar-refractivity contribution >= 4 is 62.9 Å². The molecule has 0 radical (unpaired) electrons. The Morgan fingerprint density at radius 1 is 1.13 bits per heavy atom. The lowest BCUT2D eigenvalue weighted by Crippen LogP contribution is -2.10. The minimum atomic E-state index is -0.561. The monoisotopic (exact) mass is 565 g/mol. The standard InChI is InChI=1S/C28H22Cl2FN5O3/c1-5-23(37)34-18-8-6-7-17(31)27(18)35-22-10-19-15(12-32-22)9-16(28-33-14(2)13-36(19)28)24-25(29)20(38-3)11-21(39-4)26(24)30/h5-13H,1H2,2-4H3,(H,32,35)(H,34,37). The number of carbonyl (C=O) groups excluding carboxylic acids is 1. The summed E-state index contributed by atoms with van der Waals surface area (Å²) in [6, 6.07) is 9.61. The number of hydrogen-bond donors (Lipinski definition) is 2. The molecule has 0 atom stereocenters. The van der Waals surface area contributed by atoms with Crippen molar-refractivity contribution in [1.29, 1.82) is 0 Å². The molecule has 0 aliphatic heterocycles. The Kier molecular flexibility index (Phi) is 7.03. The number of nitrogens with one attached hydrogen (secondary N) is 2. The molecular weight excluding hydrogens is 544 g/mol. The van der Waals surface area contributed by atoms with Crippen molar-refractivity contribution in [3.63, 3.8) is 0 Å². The van der Waals surface area contributed by atoms with Gasteiger partial charge in [0.2, 0.25) is 5.91 Å². The Labute approximate surface area is 233 Å². The molecule has 8 nitrogen and oxygen atoms in total. The molecule has 39 heavy (non-hydrogen) atoms. The summed E-state index contributed by atoms with van der Waals surface area (Å²) in [5.74, 6) is 0.118. The number of methoxy groups -OCH3 is 2. The van der Waals surface area contributed by atoms with Crippen molar-refractivity contribution in [2.45, 2.75) is 6.92 Å². The number of rotatable bonds is 7. The summed E-state index contributed by atoms with van der Waals surface area (Å²) in [6.45, 7) is 5.31. The normalized spacial score (nSPS) is 11.0. The molecule has 0 saturated heterocycles. The van der Waals surface area contributed by atoms with Gasteiger partial charge in [-0.15, -0.1) is 0 Å². The van der Waals surface area contributed by atoms with Crippen LogP contribution in [0.3, 0.4) is 0 Å². The van der Waals surface area contributed by atoms with Crippen molar-refractivity contribution in [2.75, 3.05) is 24.9 Å². The van der Waals surface area contributed by atoms with E-state index in [0.717, 1.165) is 22.7 Å². The second kappa shape index (κ2) is 10.4. The van der Waals surface area contributed by atoms with Gasteiger partial charge in [-0.25, -0.2) is 14.4 Å². The third-order valence-corrected chi connectivity index (χ3v) is 6.84. The van der Waals surface area contributed by atoms with Gasteiger partial charge in [-0.1, -0.05) is 35.8 Å². The molecule has 0 unspecified atom stereocenters. The van der Waals surface area contributed by atoms with Crippen LogP contribution in [0.15, 0.2) is 61.4 Å². The van der Waals surface area contributed by atoms with Crippen LogP contribution in [0.1, 0.15) is 5.69 Å². The van der Waals surface area contributed by atoms with E-state index in [0.29, 0.717) is 44.1 Å². The van der Waals surface area contributed by atoms with Crippen molar-refractivity contribution in [3.05, 3.63) is 83.0 Å². The van der Waals surface area contributed by atoms with Gasteiger partial charge in [-0.2, -0.15) is 0 Å². The number of hydrogen-bond acceptors (Lipinski definition) is 6. The van der Waals surface area contributed by atoms with Crippen LogP contribution >= 0.6 is 23.2 Å². The smallest absolute Gasteiger partial charge is 0.247 e.